The summed E-state index contributed by atoms with van der Waals surface area (Å²) in [6, 6.07) is 4.29. The van der Waals surface area contributed by atoms with Crippen LogP contribution in [0.5, 0.6) is 0 Å². The van der Waals surface area contributed by atoms with E-state index < -0.39 is 27.8 Å². The Labute approximate surface area is 187 Å². The van der Waals surface area contributed by atoms with Crippen molar-refractivity contribution in [2.75, 3.05) is 37.8 Å². The molecule has 2 amide bonds. The third-order valence-electron chi connectivity index (χ3n) is 6.30. The van der Waals surface area contributed by atoms with Crippen molar-refractivity contribution in [1.82, 2.24) is 14.1 Å². The summed E-state index contributed by atoms with van der Waals surface area (Å²) in [5, 5.41) is 0. The fraction of sp³-hybridized carbons (Fsp3) is 0.619. The summed E-state index contributed by atoms with van der Waals surface area (Å²) in [6.07, 6.45) is 4.30. The highest BCUT2D eigenvalue weighted by molar-refractivity contribution is 7.99. The molecule has 0 aliphatic carbocycles. The molecular formula is C21H28FN3O4S2. The fourth-order valence-electron chi connectivity index (χ4n) is 4.54. The summed E-state index contributed by atoms with van der Waals surface area (Å²) in [5.41, 5.74) is 0. The second-order valence-electron chi connectivity index (χ2n) is 8.37. The first-order valence-electron chi connectivity index (χ1n) is 10.8. The maximum atomic E-state index is 13.3. The number of hydrogen-bond donors (Lipinski definition) is 0. The Morgan fingerprint density at radius 1 is 0.968 bits per heavy atom. The van der Waals surface area contributed by atoms with Crippen molar-refractivity contribution in [3.63, 3.8) is 0 Å². The van der Waals surface area contributed by atoms with Gasteiger partial charge in [0.2, 0.25) is 21.8 Å². The van der Waals surface area contributed by atoms with Crippen LogP contribution in [0, 0.1) is 11.7 Å². The number of carbonyl (C=O) groups excluding carboxylic acids is 2. The van der Waals surface area contributed by atoms with Gasteiger partial charge in [-0.25, -0.2) is 12.8 Å². The predicted octanol–water partition coefficient (Wildman–Crippen LogP) is 2.14. The number of piperidine rings is 2. The monoisotopic (exact) mass is 469 g/mol. The molecule has 1 aromatic rings. The van der Waals surface area contributed by atoms with E-state index in [0.29, 0.717) is 31.0 Å². The zero-order valence-electron chi connectivity index (χ0n) is 17.4. The normalized spacial score (nSPS) is 25.6. The lowest BCUT2D eigenvalue weighted by Gasteiger charge is -2.36. The van der Waals surface area contributed by atoms with E-state index in [1.807, 2.05) is 4.90 Å². The molecule has 3 aliphatic heterocycles. The van der Waals surface area contributed by atoms with Crippen molar-refractivity contribution in [2.24, 2.45) is 5.92 Å². The average Bonchev–Trinajstić information content (AvgIpc) is 3.29. The number of nitrogens with zero attached hydrogens (tertiary/aromatic N) is 3. The van der Waals surface area contributed by atoms with E-state index >= 15 is 0 Å². The summed E-state index contributed by atoms with van der Waals surface area (Å²) in [5.74, 6) is -0.0414. The molecule has 0 N–H and O–H groups in total. The van der Waals surface area contributed by atoms with Crippen LogP contribution in [0.1, 0.15) is 32.1 Å². The van der Waals surface area contributed by atoms with Gasteiger partial charge in [-0.3, -0.25) is 9.59 Å². The van der Waals surface area contributed by atoms with Crippen LogP contribution in [0.2, 0.25) is 0 Å². The minimum atomic E-state index is -3.80. The predicted molar refractivity (Wildman–Crippen MR) is 116 cm³/mol. The zero-order chi connectivity index (χ0) is 22.0. The van der Waals surface area contributed by atoms with Crippen molar-refractivity contribution in [3.8, 4) is 0 Å². The van der Waals surface area contributed by atoms with Gasteiger partial charge in [-0.2, -0.15) is 4.31 Å². The Hall–Kier alpha value is -1.65. The second-order valence-corrected chi connectivity index (χ2v) is 11.3. The largest absolute Gasteiger partial charge is 0.341 e. The molecule has 0 aromatic heterocycles. The Bertz CT molecular complexity index is 919. The van der Waals surface area contributed by atoms with Crippen LogP contribution in [0.3, 0.4) is 0 Å². The summed E-state index contributed by atoms with van der Waals surface area (Å²) in [6.45, 7) is 1.91. The maximum absolute atomic E-state index is 13.3. The van der Waals surface area contributed by atoms with E-state index in [1.54, 1.807) is 16.7 Å². The van der Waals surface area contributed by atoms with Crippen LogP contribution in [-0.2, 0) is 19.6 Å². The molecule has 0 spiro atoms. The van der Waals surface area contributed by atoms with Crippen molar-refractivity contribution < 1.29 is 22.4 Å². The number of benzene rings is 1. The molecule has 3 heterocycles. The molecule has 0 saturated carbocycles. The number of thioether (sulfide) groups is 1. The SMILES string of the molecule is O=C([C@H]1CSCN1C(=O)[C@H]1CCCN(S(=O)(=O)c2ccc(F)cc2)C1)N1CCCCC1. The number of hydrogen-bond acceptors (Lipinski definition) is 5. The van der Waals surface area contributed by atoms with Crippen LogP contribution in [-0.4, -0.2) is 78.2 Å². The highest BCUT2D eigenvalue weighted by Gasteiger charge is 2.42. The van der Waals surface area contributed by atoms with Gasteiger partial charge in [0.15, 0.2) is 0 Å². The van der Waals surface area contributed by atoms with E-state index in [0.717, 1.165) is 44.5 Å². The summed E-state index contributed by atoms with van der Waals surface area (Å²) in [7, 11) is -3.80. The van der Waals surface area contributed by atoms with Crippen LogP contribution < -0.4 is 0 Å². The average molecular weight is 470 g/mol. The van der Waals surface area contributed by atoms with Crippen molar-refractivity contribution in [2.45, 2.75) is 43.0 Å². The molecule has 0 unspecified atom stereocenters. The zero-order valence-corrected chi connectivity index (χ0v) is 19.0. The smallest absolute Gasteiger partial charge is 0.246 e. The first kappa shape index (κ1) is 22.5. The molecule has 7 nitrogen and oxygen atoms in total. The van der Waals surface area contributed by atoms with E-state index in [4.69, 9.17) is 0 Å². The van der Waals surface area contributed by atoms with Gasteiger partial charge in [0.25, 0.3) is 0 Å². The second kappa shape index (κ2) is 9.46. The molecule has 0 bridgehead atoms. The van der Waals surface area contributed by atoms with E-state index in [1.165, 1.54) is 16.4 Å². The van der Waals surface area contributed by atoms with Crippen LogP contribution in [0.15, 0.2) is 29.2 Å². The first-order chi connectivity index (χ1) is 14.9. The molecule has 3 saturated heterocycles. The number of amides is 2. The number of likely N-dealkylation sites (tertiary alicyclic amines) is 1. The molecule has 1 aromatic carbocycles. The van der Waals surface area contributed by atoms with Gasteiger partial charge in [0, 0.05) is 31.9 Å². The van der Waals surface area contributed by atoms with E-state index in [2.05, 4.69) is 0 Å². The molecule has 10 heteroatoms. The van der Waals surface area contributed by atoms with Crippen LogP contribution >= 0.6 is 11.8 Å². The number of rotatable bonds is 4. The highest BCUT2D eigenvalue weighted by Crippen LogP contribution is 2.30. The Morgan fingerprint density at radius 3 is 2.39 bits per heavy atom. The summed E-state index contributed by atoms with van der Waals surface area (Å²) in [4.78, 5) is 29.9. The Balaban J connectivity index is 1.45. The van der Waals surface area contributed by atoms with E-state index in [-0.39, 0.29) is 23.3 Å². The summed E-state index contributed by atoms with van der Waals surface area (Å²) >= 11 is 1.57. The lowest BCUT2D eigenvalue weighted by molar-refractivity contribution is -0.146. The van der Waals surface area contributed by atoms with Crippen molar-refractivity contribution >= 4 is 33.6 Å². The molecule has 31 heavy (non-hydrogen) atoms. The first-order valence-corrected chi connectivity index (χ1v) is 13.4. The van der Waals surface area contributed by atoms with Gasteiger partial charge in [-0.05, 0) is 56.4 Å². The Morgan fingerprint density at radius 2 is 1.68 bits per heavy atom. The number of sulfonamides is 1. The molecule has 2 atom stereocenters. The van der Waals surface area contributed by atoms with Gasteiger partial charge in [0.1, 0.15) is 11.9 Å². The molecule has 4 rings (SSSR count). The van der Waals surface area contributed by atoms with Crippen LogP contribution in [0.4, 0.5) is 4.39 Å². The quantitative estimate of drug-likeness (QED) is 0.675. The van der Waals surface area contributed by atoms with Gasteiger partial charge in [-0.1, -0.05) is 0 Å². The van der Waals surface area contributed by atoms with Crippen molar-refractivity contribution in [1.29, 1.82) is 0 Å². The lowest BCUT2D eigenvalue weighted by Crippen LogP contribution is -2.53. The third kappa shape index (κ3) is 4.75. The number of carbonyl (C=O) groups is 2. The standard InChI is InChI=1S/C21H28FN3O4S2/c22-17-6-8-18(9-7-17)31(28,29)24-12-4-5-16(13-24)20(26)25-15-30-14-19(25)21(27)23-10-2-1-3-11-23/h6-9,16,19H,1-5,10-15H2/t16-,19+/m0/s1. The van der Waals surface area contributed by atoms with Crippen molar-refractivity contribution in [3.05, 3.63) is 30.1 Å². The van der Waals surface area contributed by atoms with E-state index in [9.17, 15) is 22.4 Å². The summed E-state index contributed by atoms with van der Waals surface area (Å²) < 4.78 is 40.5. The van der Waals surface area contributed by atoms with Gasteiger partial charge in [-0.15, -0.1) is 11.8 Å². The number of halogens is 1. The minimum absolute atomic E-state index is 0.0182. The maximum Gasteiger partial charge on any atom is 0.246 e. The topological polar surface area (TPSA) is 78.0 Å². The van der Waals surface area contributed by atoms with Gasteiger partial charge >= 0.3 is 0 Å². The van der Waals surface area contributed by atoms with Gasteiger partial charge < -0.3 is 9.80 Å². The highest BCUT2D eigenvalue weighted by atomic mass is 32.2. The Kier molecular flexibility index (Phi) is 6.88. The molecule has 3 fully saturated rings. The molecule has 3 aliphatic rings. The third-order valence-corrected chi connectivity index (χ3v) is 9.19. The fourth-order valence-corrected chi connectivity index (χ4v) is 7.22. The lowest BCUT2D eigenvalue weighted by atomic mass is 9.97. The van der Waals surface area contributed by atoms with Gasteiger partial charge in [0.05, 0.1) is 16.7 Å². The molecular weight excluding hydrogens is 441 g/mol. The van der Waals surface area contributed by atoms with Crippen LogP contribution in [0.25, 0.3) is 0 Å². The minimum Gasteiger partial charge on any atom is -0.341 e. The molecule has 170 valence electrons. The molecule has 0 radical (unpaired) electrons.